The Morgan fingerprint density at radius 1 is 1.17 bits per heavy atom. The van der Waals surface area contributed by atoms with Crippen molar-refractivity contribution >= 4 is 22.7 Å². The Morgan fingerprint density at radius 3 is 2.83 bits per heavy atom. The Hall–Kier alpha value is -3.56. The van der Waals surface area contributed by atoms with Gasteiger partial charge >= 0.3 is 0 Å². The molecule has 35 heavy (non-hydrogen) atoms. The van der Waals surface area contributed by atoms with Gasteiger partial charge in [0.1, 0.15) is 11.0 Å². The number of pyridine rings is 1. The van der Waals surface area contributed by atoms with Crippen molar-refractivity contribution in [2.24, 2.45) is 5.92 Å². The minimum absolute atomic E-state index is 0.131. The van der Waals surface area contributed by atoms with Gasteiger partial charge in [0.05, 0.1) is 5.69 Å². The van der Waals surface area contributed by atoms with E-state index in [2.05, 4.69) is 27.8 Å². The summed E-state index contributed by atoms with van der Waals surface area (Å²) in [5.41, 5.74) is 3.31. The summed E-state index contributed by atoms with van der Waals surface area (Å²) in [6.45, 7) is 5.84. The van der Waals surface area contributed by atoms with Crippen LogP contribution in [0.3, 0.4) is 0 Å². The summed E-state index contributed by atoms with van der Waals surface area (Å²) in [5.74, 6) is 1.43. The second kappa shape index (κ2) is 8.28. The van der Waals surface area contributed by atoms with Crippen LogP contribution in [-0.2, 0) is 25.1 Å². The van der Waals surface area contributed by atoms with Gasteiger partial charge in [-0.1, -0.05) is 12.1 Å². The monoisotopic (exact) mass is 471 g/mol. The van der Waals surface area contributed by atoms with Gasteiger partial charge in [-0.05, 0) is 81.0 Å². The van der Waals surface area contributed by atoms with Crippen LogP contribution < -0.4 is 16.2 Å². The third-order valence-electron chi connectivity index (χ3n) is 6.73. The maximum atomic E-state index is 13.4. The van der Waals surface area contributed by atoms with Crippen LogP contribution >= 0.6 is 0 Å². The molecular formula is C26H29N7O2. The molecule has 3 N–H and O–H groups in total. The molecule has 9 nitrogen and oxygen atoms in total. The van der Waals surface area contributed by atoms with E-state index >= 15 is 0 Å². The van der Waals surface area contributed by atoms with E-state index in [4.69, 9.17) is 9.97 Å². The number of rotatable bonds is 6. The van der Waals surface area contributed by atoms with Crippen LogP contribution in [0.1, 0.15) is 43.5 Å². The average molecular weight is 472 g/mol. The fourth-order valence-electron chi connectivity index (χ4n) is 4.60. The van der Waals surface area contributed by atoms with Gasteiger partial charge < -0.3 is 15.7 Å². The lowest BCUT2D eigenvalue weighted by atomic mass is 10.0. The van der Waals surface area contributed by atoms with Gasteiger partial charge in [0, 0.05) is 25.0 Å². The highest BCUT2D eigenvalue weighted by molar-refractivity contribution is 5.77. The first-order valence-electron chi connectivity index (χ1n) is 12.2. The molecule has 1 aromatic carbocycles. The molecule has 1 saturated carbocycles. The molecule has 0 bridgehead atoms. The summed E-state index contributed by atoms with van der Waals surface area (Å²) in [5, 5.41) is 17.7. The molecule has 1 aliphatic heterocycles. The van der Waals surface area contributed by atoms with Gasteiger partial charge in [-0.3, -0.25) is 4.79 Å². The third-order valence-corrected chi connectivity index (χ3v) is 6.73. The zero-order valence-electron chi connectivity index (χ0n) is 20.0. The van der Waals surface area contributed by atoms with Gasteiger partial charge in [0.2, 0.25) is 5.95 Å². The summed E-state index contributed by atoms with van der Waals surface area (Å²) in [6.07, 6.45) is 4.83. The molecule has 180 valence electrons. The van der Waals surface area contributed by atoms with E-state index in [1.54, 1.807) is 35.5 Å². The molecule has 0 atom stereocenters. The van der Waals surface area contributed by atoms with E-state index in [1.165, 1.54) is 11.1 Å². The van der Waals surface area contributed by atoms with Crippen molar-refractivity contribution in [1.29, 1.82) is 0 Å². The molecule has 0 radical (unpaired) electrons. The summed E-state index contributed by atoms with van der Waals surface area (Å²) in [4.78, 5) is 27.3. The predicted octanol–water partition coefficient (Wildman–Crippen LogP) is 3.00. The fourth-order valence-corrected chi connectivity index (χ4v) is 4.60. The quantitative estimate of drug-likeness (QED) is 0.397. The molecule has 0 unspecified atom stereocenters. The van der Waals surface area contributed by atoms with Crippen LogP contribution in [0.25, 0.3) is 16.9 Å². The van der Waals surface area contributed by atoms with Gasteiger partial charge in [-0.25, -0.2) is 19.3 Å². The van der Waals surface area contributed by atoms with Crippen molar-refractivity contribution < 1.29 is 5.11 Å². The smallest absolute Gasteiger partial charge is 0.278 e. The Bertz CT molecular complexity index is 1480. The van der Waals surface area contributed by atoms with Crippen LogP contribution in [0.5, 0.6) is 0 Å². The molecular weight excluding hydrogens is 442 g/mol. The molecule has 2 aliphatic rings. The van der Waals surface area contributed by atoms with Gasteiger partial charge in [-0.2, -0.15) is 4.98 Å². The first-order chi connectivity index (χ1) is 16.9. The zero-order valence-corrected chi connectivity index (χ0v) is 20.0. The largest absolute Gasteiger partial charge is 0.384 e. The van der Waals surface area contributed by atoms with Crippen LogP contribution in [0.15, 0.2) is 47.4 Å². The first kappa shape index (κ1) is 21.9. The SMILES string of the molecule is CC(C)(O)c1cccc(-n2c3nc(Nc4ccc5c(c4)CNCC5)ncc3c(=O)n2CC2CC2)n1. The lowest BCUT2D eigenvalue weighted by Gasteiger charge is -2.19. The van der Waals surface area contributed by atoms with E-state index in [-0.39, 0.29) is 5.56 Å². The Kier molecular flexibility index (Phi) is 5.19. The number of nitrogens with one attached hydrogen (secondary N) is 2. The van der Waals surface area contributed by atoms with Crippen molar-refractivity contribution in [3.63, 3.8) is 0 Å². The summed E-state index contributed by atoms with van der Waals surface area (Å²) in [7, 11) is 0. The standard InChI is InChI=1S/C26H29N7O2/c1-26(2,35)21-4-3-5-22(30-21)33-23-20(24(34)32(33)15-16-6-7-16)14-28-25(31-23)29-19-9-8-17-10-11-27-13-18(17)12-19/h3-5,8-9,12,14,16,27,35H,6-7,10-11,13,15H2,1-2H3,(H,28,29,31). The second-order valence-electron chi connectivity index (χ2n) is 10.0. The fraction of sp³-hybridized carbons (Fsp3) is 0.385. The van der Waals surface area contributed by atoms with Crippen molar-refractivity contribution in [3.8, 4) is 5.82 Å². The summed E-state index contributed by atoms with van der Waals surface area (Å²) < 4.78 is 3.48. The molecule has 4 heterocycles. The maximum absolute atomic E-state index is 13.4. The molecule has 9 heteroatoms. The number of benzene rings is 1. The minimum atomic E-state index is -1.11. The highest BCUT2D eigenvalue weighted by Crippen LogP contribution is 2.31. The highest BCUT2D eigenvalue weighted by Gasteiger charge is 2.27. The van der Waals surface area contributed by atoms with Crippen molar-refractivity contribution in [2.45, 2.75) is 51.8 Å². The number of aliphatic hydroxyl groups is 1. The first-order valence-corrected chi connectivity index (χ1v) is 12.2. The van der Waals surface area contributed by atoms with Crippen LogP contribution in [0.2, 0.25) is 0 Å². The third kappa shape index (κ3) is 4.21. The minimum Gasteiger partial charge on any atom is -0.384 e. The lowest BCUT2D eigenvalue weighted by molar-refractivity contribution is 0.0738. The van der Waals surface area contributed by atoms with Gasteiger partial charge in [-0.15, -0.1) is 0 Å². The summed E-state index contributed by atoms with van der Waals surface area (Å²) in [6, 6.07) is 11.8. The number of aromatic nitrogens is 5. The molecule has 0 saturated heterocycles. The normalized spacial score (nSPS) is 15.9. The number of anilines is 2. The van der Waals surface area contributed by atoms with E-state index < -0.39 is 5.60 Å². The van der Waals surface area contributed by atoms with Crippen LogP contribution in [0, 0.1) is 5.92 Å². The van der Waals surface area contributed by atoms with Crippen LogP contribution in [-0.4, -0.2) is 36.0 Å². The van der Waals surface area contributed by atoms with Crippen LogP contribution in [0.4, 0.5) is 11.6 Å². The lowest BCUT2D eigenvalue weighted by Crippen LogP contribution is -2.25. The molecule has 0 amide bonds. The topological polar surface area (TPSA) is 110 Å². The second-order valence-corrected chi connectivity index (χ2v) is 10.0. The van der Waals surface area contributed by atoms with Crippen molar-refractivity contribution in [2.75, 3.05) is 11.9 Å². The van der Waals surface area contributed by atoms with Crippen molar-refractivity contribution in [3.05, 3.63) is 69.8 Å². The van der Waals surface area contributed by atoms with E-state index in [9.17, 15) is 9.90 Å². The van der Waals surface area contributed by atoms with E-state index in [1.807, 2.05) is 18.2 Å². The molecule has 0 spiro atoms. The number of fused-ring (bicyclic) bond motifs is 2. The van der Waals surface area contributed by atoms with E-state index in [0.29, 0.717) is 41.0 Å². The Labute approximate surface area is 202 Å². The Morgan fingerprint density at radius 2 is 2.03 bits per heavy atom. The number of nitrogens with zero attached hydrogens (tertiary/aromatic N) is 5. The van der Waals surface area contributed by atoms with Gasteiger partial charge in [0.25, 0.3) is 5.56 Å². The zero-order chi connectivity index (χ0) is 24.2. The number of hydrogen-bond donors (Lipinski definition) is 3. The molecule has 4 aromatic rings. The average Bonchev–Trinajstić information content (AvgIpc) is 3.63. The van der Waals surface area contributed by atoms with Gasteiger partial charge in [0.15, 0.2) is 11.5 Å². The molecule has 6 rings (SSSR count). The highest BCUT2D eigenvalue weighted by atomic mass is 16.3. The molecule has 1 aliphatic carbocycles. The maximum Gasteiger partial charge on any atom is 0.278 e. The molecule has 1 fully saturated rings. The number of hydrogen-bond acceptors (Lipinski definition) is 7. The Balaban J connectivity index is 1.45. The van der Waals surface area contributed by atoms with Crippen molar-refractivity contribution in [1.82, 2.24) is 29.6 Å². The van der Waals surface area contributed by atoms with E-state index in [0.717, 1.165) is 38.0 Å². The predicted molar refractivity (Wildman–Crippen MR) is 134 cm³/mol. The summed E-state index contributed by atoms with van der Waals surface area (Å²) >= 11 is 0. The molecule has 3 aromatic heterocycles.